The summed E-state index contributed by atoms with van der Waals surface area (Å²) in [5.74, 6) is 2.03. The number of esters is 1. The van der Waals surface area contributed by atoms with Crippen molar-refractivity contribution in [3.8, 4) is 17.2 Å². The zero-order chi connectivity index (χ0) is 20.4. The van der Waals surface area contributed by atoms with Crippen molar-refractivity contribution >= 4 is 17.9 Å². The third-order valence-corrected chi connectivity index (χ3v) is 4.37. The lowest BCUT2D eigenvalue weighted by Crippen LogP contribution is -2.08. The van der Waals surface area contributed by atoms with Gasteiger partial charge in [0.2, 0.25) is 5.90 Å². The van der Waals surface area contributed by atoms with Gasteiger partial charge < -0.3 is 18.9 Å². The maximum absolute atomic E-state index is 12.3. The van der Waals surface area contributed by atoms with Crippen molar-refractivity contribution in [1.82, 2.24) is 0 Å². The van der Waals surface area contributed by atoms with Gasteiger partial charge in [0, 0.05) is 17.2 Å². The van der Waals surface area contributed by atoms with Crippen molar-refractivity contribution in [2.75, 3.05) is 13.7 Å². The summed E-state index contributed by atoms with van der Waals surface area (Å²) in [6.07, 6.45) is 3.75. The second-order valence-corrected chi connectivity index (χ2v) is 6.94. The van der Waals surface area contributed by atoms with Gasteiger partial charge in [-0.15, -0.1) is 0 Å². The van der Waals surface area contributed by atoms with E-state index in [0.717, 1.165) is 28.4 Å². The van der Waals surface area contributed by atoms with Gasteiger partial charge in [0.1, 0.15) is 23.9 Å². The first-order valence-corrected chi connectivity index (χ1v) is 9.33. The predicted octanol–water partition coefficient (Wildman–Crippen LogP) is 4.15. The fourth-order valence-electron chi connectivity index (χ4n) is 3.03. The number of carbonyl (C=O) groups is 1. The van der Waals surface area contributed by atoms with Crippen molar-refractivity contribution in [3.05, 3.63) is 70.9 Å². The number of rotatable bonds is 5. The van der Waals surface area contributed by atoms with Crippen molar-refractivity contribution in [1.29, 1.82) is 0 Å². The highest BCUT2D eigenvalue weighted by Gasteiger charge is 2.25. The van der Waals surface area contributed by atoms with Crippen LogP contribution < -0.4 is 14.2 Å². The molecule has 0 saturated heterocycles. The number of methoxy groups -OCH3 is 1. The molecule has 2 aliphatic heterocycles. The maximum atomic E-state index is 12.3. The molecule has 4 rings (SSSR count). The van der Waals surface area contributed by atoms with E-state index in [-0.39, 0.29) is 17.7 Å². The van der Waals surface area contributed by atoms with Gasteiger partial charge in [-0.2, -0.15) is 0 Å². The highest BCUT2D eigenvalue weighted by Crippen LogP contribution is 2.31. The Morgan fingerprint density at radius 1 is 1.10 bits per heavy atom. The van der Waals surface area contributed by atoms with Crippen LogP contribution in [0, 0.1) is 0 Å². The molecule has 0 unspecified atom stereocenters. The predicted molar refractivity (Wildman–Crippen MR) is 109 cm³/mol. The van der Waals surface area contributed by atoms with Gasteiger partial charge in [0.15, 0.2) is 5.70 Å². The van der Waals surface area contributed by atoms with Gasteiger partial charge in [0.05, 0.1) is 13.2 Å². The van der Waals surface area contributed by atoms with E-state index in [2.05, 4.69) is 4.99 Å². The Balaban J connectivity index is 1.55. The van der Waals surface area contributed by atoms with Crippen LogP contribution in [0.2, 0.25) is 0 Å². The Morgan fingerprint density at radius 3 is 2.59 bits per heavy atom. The zero-order valence-corrected chi connectivity index (χ0v) is 16.5. The lowest BCUT2D eigenvalue weighted by Gasteiger charge is -2.16. The largest absolute Gasteiger partial charge is 0.497 e. The number of benzene rings is 2. The van der Waals surface area contributed by atoms with E-state index in [4.69, 9.17) is 18.9 Å². The van der Waals surface area contributed by atoms with E-state index in [1.807, 2.05) is 62.4 Å². The third kappa shape index (κ3) is 4.16. The summed E-state index contributed by atoms with van der Waals surface area (Å²) in [5.41, 5.74) is 2.71. The van der Waals surface area contributed by atoms with E-state index in [1.165, 1.54) is 0 Å². The van der Waals surface area contributed by atoms with Crippen LogP contribution >= 0.6 is 0 Å². The smallest absolute Gasteiger partial charge is 0.363 e. The lowest BCUT2D eigenvalue weighted by atomic mass is 10.1. The second kappa shape index (κ2) is 7.83. The summed E-state index contributed by atoms with van der Waals surface area (Å²) in [6, 6.07) is 12.9. The fraction of sp³-hybridized carbons (Fsp3) is 0.217. The number of hydrogen-bond donors (Lipinski definition) is 0. The van der Waals surface area contributed by atoms with Crippen LogP contribution in [-0.4, -0.2) is 31.7 Å². The van der Waals surface area contributed by atoms with Gasteiger partial charge in [-0.1, -0.05) is 0 Å². The number of cyclic esters (lactones) is 1. The Labute approximate surface area is 169 Å². The minimum Gasteiger partial charge on any atom is -0.497 e. The van der Waals surface area contributed by atoms with E-state index in [0.29, 0.717) is 12.2 Å². The van der Waals surface area contributed by atoms with E-state index < -0.39 is 5.97 Å². The Hall–Kier alpha value is -3.54. The van der Waals surface area contributed by atoms with E-state index >= 15 is 0 Å². The molecule has 0 aromatic heterocycles. The molecule has 2 aromatic rings. The molecule has 29 heavy (non-hydrogen) atoms. The number of fused-ring (bicyclic) bond motifs is 1. The summed E-state index contributed by atoms with van der Waals surface area (Å²) >= 11 is 0. The summed E-state index contributed by atoms with van der Waals surface area (Å²) in [7, 11) is 1.61. The molecule has 2 aliphatic rings. The molecule has 2 aromatic carbocycles. The summed E-state index contributed by atoms with van der Waals surface area (Å²) in [4.78, 5) is 16.6. The minimum absolute atomic E-state index is 0.0919. The Morgan fingerprint density at radius 2 is 1.86 bits per heavy atom. The molecule has 0 fully saturated rings. The fourth-order valence-corrected chi connectivity index (χ4v) is 3.03. The van der Waals surface area contributed by atoms with Gasteiger partial charge >= 0.3 is 5.97 Å². The maximum Gasteiger partial charge on any atom is 0.363 e. The van der Waals surface area contributed by atoms with Crippen molar-refractivity contribution < 1.29 is 23.7 Å². The molecule has 0 spiro atoms. The first-order valence-electron chi connectivity index (χ1n) is 9.33. The molecule has 6 heteroatoms. The first-order chi connectivity index (χ1) is 14.0. The highest BCUT2D eigenvalue weighted by molar-refractivity contribution is 6.11. The third-order valence-electron chi connectivity index (χ3n) is 4.37. The van der Waals surface area contributed by atoms with E-state index in [1.54, 1.807) is 13.2 Å². The summed E-state index contributed by atoms with van der Waals surface area (Å²) in [5, 5.41) is 0. The molecular weight excluding hydrogens is 370 g/mol. The molecular formula is C23H21NO5. The molecule has 0 radical (unpaired) electrons. The molecule has 0 bridgehead atoms. The molecule has 2 heterocycles. The summed E-state index contributed by atoms with van der Waals surface area (Å²) in [6.45, 7) is 4.27. The molecule has 0 atom stereocenters. The van der Waals surface area contributed by atoms with Crippen molar-refractivity contribution in [3.63, 3.8) is 0 Å². The van der Waals surface area contributed by atoms with Crippen LogP contribution in [0.25, 0.3) is 6.08 Å². The van der Waals surface area contributed by atoms with Crippen LogP contribution in [0.1, 0.15) is 25.0 Å². The normalized spacial score (nSPS) is 16.7. The summed E-state index contributed by atoms with van der Waals surface area (Å²) < 4.78 is 22.0. The van der Waals surface area contributed by atoms with Crippen LogP contribution in [0.15, 0.2) is 64.8 Å². The first kappa shape index (κ1) is 18.8. The van der Waals surface area contributed by atoms with E-state index in [9.17, 15) is 4.79 Å². The number of nitrogens with zero attached hydrogens (tertiary/aromatic N) is 1. The average molecular weight is 391 g/mol. The number of ether oxygens (including phenoxy) is 4. The SMILES string of the molecule is COc1ccc2c(c1)OCC(/C=C1\N=C(c3ccc(OC(C)C)cc3)OC1=O)=C2. The Kier molecular flexibility index (Phi) is 5.08. The minimum atomic E-state index is -0.482. The molecule has 6 nitrogen and oxygen atoms in total. The van der Waals surface area contributed by atoms with Crippen LogP contribution in [0.5, 0.6) is 17.2 Å². The van der Waals surface area contributed by atoms with Crippen LogP contribution in [0.4, 0.5) is 0 Å². The standard InChI is InChI=1S/C23H21NO5/c1-14(2)28-18-7-4-16(5-8-18)22-24-20(23(25)29-22)11-15-10-17-6-9-19(26-3)12-21(17)27-13-15/h4-12,14H,13H2,1-3H3/b20-11-. The second-order valence-electron chi connectivity index (χ2n) is 6.94. The number of carbonyl (C=O) groups excluding carboxylic acids is 1. The highest BCUT2D eigenvalue weighted by atomic mass is 16.6. The quantitative estimate of drug-likeness (QED) is 0.566. The molecule has 0 N–H and O–H groups in total. The average Bonchev–Trinajstić information content (AvgIpc) is 3.08. The number of aliphatic imine (C=N–C) groups is 1. The van der Waals surface area contributed by atoms with Gasteiger partial charge in [-0.05, 0) is 68.0 Å². The lowest BCUT2D eigenvalue weighted by molar-refractivity contribution is -0.130. The molecule has 0 saturated carbocycles. The topological polar surface area (TPSA) is 66.3 Å². The van der Waals surface area contributed by atoms with Gasteiger partial charge in [-0.3, -0.25) is 0 Å². The molecule has 148 valence electrons. The molecule has 0 amide bonds. The molecule has 0 aliphatic carbocycles. The van der Waals surface area contributed by atoms with Gasteiger partial charge in [-0.25, -0.2) is 9.79 Å². The van der Waals surface area contributed by atoms with Gasteiger partial charge in [0.25, 0.3) is 0 Å². The van der Waals surface area contributed by atoms with Crippen molar-refractivity contribution in [2.24, 2.45) is 4.99 Å². The van der Waals surface area contributed by atoms with Crippen LogP contribution in [0.3, 0.4) is 0 Å². The number of hydrogen-bond acceptors (Lipinski definition) is 6. The zero-order valence-electron chi connectivity index (χ0n) is 16.5. The van der Waals surface area contributed by atoms with Crippen LogP contribution in [-0.2, 0) is 9.53 Å². The Bertz CT molecular complexity index is 1030. The monoisotopic (exact) mass is 391 g/mol. The van der Waals surface area contributed by atoms with Crippen molar-refractivity contribution in [2.45, 2.75) is 20.0 Å².